The van der Waals surface area contributed by atoms with E-state index in [-0.39, 0.29) is 23.4 Å². The Hall–Kier alpha value is -4.15. The molecule has 4 aromatic heterocycles. The Morgan fingerprint density at radius 3 is 2.97 bits per heavy atom. The highest BCUT2D eigenvalue weighted by Crippen LogP contribution is 2.33. The van der Waals surface area contributed by atoms with Crippen LogP contribution in [-0.2, 0) is 0 Å². The fourth-order valence-corrected chi connectivity index (χ4v) is 3.66. The number of carbonyl (C=O) groups is 1. The lowest BCUT2D eigenvalue weighted by atomic mass is 10.1. The number of hydrogen-bond acceptors (Lipinski definition) is 7. The first-order valence-corrected chi connectivity index (χ1v) is 9.77. The van der Waals surface area contributed by atoms with Gasteiger partial charge in [-0.2, -0.15) is 10.1 Å². The maximum Gasteiger partial charge on any atom is 0.333 e. The van der Waals surface area contributed by atoms with Crippen molar-refractivity contribution in [3.8, 4) is 28.7 Å². The van der Waals surface area contributed by atoms with Crippen LogP contribution in [-0.4, -0.2) is 48.3 Å². The third-order valence-electron chi connectivity index (χ3n) is 5.10. The van der Waals surface area contributed by atoms with E-state index >= 15 is 0 Å². The summed E-state index contributed by atoms with van der Waals surface area (Å²) in [6, 6.07) is 4.95. The predicted molar refractivity (Wildman–Crippen MR) is 110 cm³/mol. The molecule has 4 aromatic rings. The van der Waals surface area contributed by atoms with Crippen LogP contribution >= 0.6 is 0 Å². The average molecular weight is 421 g/mol. The van der Waals surface area contributed by atoms with E-state index in [0.717, 1.165) is 0 Å². The summed E-state index contributed by atoms with van der Waals surface area (Å²) >= 11 is 0. The number of nitrogens with one attached hydrogen (secondary N) is 2. The normalized spacial score (nSPS) is 16.1. The molecule has 1 atom stereocenters. The van der Waals surface area contributed by atoms with E-state index in [2.05, 4.69) is 25.1 Å². The van der Waals surface area contributed by atoms with Crippen molar-refractivity contribution in [2.75, 3.05) is 6.61 Å². The van der Waals surface area contributed by atoms with Crippen LogP contribution in [0.15, 0.2) is 35.4 Å². The third kappa shape index (κ3) is 3.19. The SMILES string of the molecule is CC1CCCOc2nc(c(-c3ccn[nH]3)cc2C(N)=O)-n2c(=O)[nH]c3nccc(c32)O1. The van der Waals surface area contributed by atoms with Gasteiger partial charge in [-0.05, 0) is 31.9 Å². The molecule has 1 aliphatic rings. The number of fused-ring (bicyclic) bond motifs is 3. The number of nitrogens with zero attached hydrogens (tertiary/aromatic N) is 4. The number of H-pyrrole nitrogens is 2. The summed E-state index contributed by atoms with van der Waals surface area (Å²) in [5.41, 5.74) is 7.03. The van der Waals surface area contributed by atoms with Crippen LogP contribution in [0, 0.1) is 0 Å². The molecule has 31 heavy (non-hydrogen) atoms. The average Bonchev–Trinajstić information content (AvgIpc) is 3.37. The van der Waals surface area contributed by atoms with E-state index in [4.69, 9.17) is 15.2 Å². The van der Waals surface area contributed by atoms with E-state index in [1.54, 1.807) is 30.6 Å². The van der Waals surface area contributed by atoms with Crippen molar-refractivity contribution in [2.45, 2.75) is 25.9 Å². The van der Waals surface area contributed by atoms with Crippen LogP contribution < -0.4 is 20.9 Å². The molecule has 0 saturated carbocycles. The van der Waals surface area contributed by atoms with Crippen LogP contribution in [0.4, 0.5) is 0 Å². The first-order chi connectivity index (χ1) is 15.0. The lowest BCUT2D eigenvalue weighted by molar-refractivity contribution is 0.0995. The topological polar surface area (TPSA) is 154 Å². The zero-order chi connectivity index (χ0) is 21.5. The van der Waals surface area contributed by atoms with Gasteiger partial charge in [0.05, 0.1) is 18.4 Å². The molecular weight excluding hydrogens is 402 g/mol. The van der Waals surface area contributed by atoms with Gasteiger partial charge < -0.3 is 15.2 Å². The monoisotopic (exact) mass is 421 g/mol. The first kappa shape index (κ1) is 18.9. The van der Waals surface area contributed by atoms with Crippen molar-refractivity contribution in [3.05, 3.63) is 46.6 Å². The summed E-state index contributed by atoms with van der Waals surface area (Å²) in [4.78, 5) is 36.7. The fourth-order valence-electron chi connectivity index (χ4n) is 3.66. The molecule has 1 aliphatic heterocycles. The number of ether oxygens (including phenoxy) is 2. The quantitative estimate of drug-likeness (QED) is 0.443. The Labute approximate surface area is 175 Å². The van der Waals surface area contributed by atoms with Gasteiger partial charge >= 0.3 is 5.69 Å². The number of primary amides is 1. The highest BCUT2D eigenvalue weighted by molar-refractivity contribution is 5.97. The second kappa shape index (κ2) is 7.27. The Balaban J connectivity index is 1.89. The number of rotatable bonds is 2. The van der Waals surface area contributed by atoms with Crippen LogP contribution in [0.2, 0.25) is 0 Å². The number of nitrogens with two attached hydrogens (primary N) is 1. The molecule has 4 N–H and O–H groups in total. The minimum absolute atomic E-state index is 0.0617. The molecule has 1 amide bonds. The van der Waals surface area contributed by atoms with Crippen LogP contribution in [0.3, 0.4) is 0 Å². The molecule has 11 nitrogen and oxygen atoms in total. The van der Waals surface area contributed by atoms with Gasteiger partial charge in [-0.25, -0.2) is 14.3 Å². The summed E-state index contributed by atoms with van der Waals surface area (Å²) < 4.78 is 13.3. The number of pyridine rings is 2. The van der Waals surface area contributed by atoms with Gasteiger partial charge in [0.1, 0.15) is 16.8 Å². The van der Waals surface area contributed by atoms with E-state index in [9.17, 15) is 9.59 Å². The second-order valence-corrected chi connectivity index (χ2v) is 7.24. The molecule has 0 aliphatic carbocycles. The third-order valence-corrected chi connectivity index (χ3v) is 5.10. The molecule has 5 heterocycles. The second-order valence-electron chi connectivity index (χ2n) is 7.24. The molecule has 1 unspecified atom stereocenters. The molecule has 11 heteroatoms. The van der Waals surface area contributed by atoms with Gasteiger partial charge in [-0.15, -0.1) is 0 Å². The molecule has 2 bridgehead atoms. The minimum Gasteiger partial charge on any atom is -0.488 e. The standard InChI is InChI=1S/C20H19N7O4/c1-10-3-2-8-30-19-12(16(21)28)9-11(13-4-7-23-26-13)18(25-19)27-15-14(31-10)5-6-22-17(15)24-20(27)29/h4-7,9-10H,2-3,8H2,1H3,(H2,21,28)(H,23,26)(H,22,24,29). The summed E-state index contributed by atoms with van der Waals surface area (Å²) in [6.07, 6.45) is 4.36. The summed E-state index contributed by atoms with van der Waals surface area (Å²) in [7, 11) is 0. The summed E-state index contributed by atoms with van der Waals surface area (Å²) in [5, 5.41) is 6.82. The smallest absolute Gasteiger partial charge is 0.333 e. The number of carbonyl (C=O) groups excluding carboxylic acids is 1. The zero-order valence-corrected chi connectivity index (χ0v) is 16.6. The van der Waals surface area contributed by atoms with E-state index in [1.165, 1.54) is 4.57 Å². The zero-order valence-electron chi connectivity index (χ0n) is 16.6. The summed E-state index contributed by atoms with van der Waals surface area (Å²) in [5.74, 6) is 0.0978. The van der Waals surface area contributed by atoms with Crippen molar-refractivity contribution in [2.24, 2.45) is 5.73 Å². The molecule has 0 fully saturated rings. The molecule has 158 valence electrons. The number of aromatic amines is 2. The fraction of sp³-hybridized carbons (Fsp3) is 0.250. The lowest BCUT2D eigenvalue weighted by Crippen LogP contribution is -2.22. The van der Waals surface area contributed by atoms with Crippen molar-refractivity contribution in [1.82, 2.24) is 29.7 Å². The van der Waals surface area contributed by atoms with Crippen molar-refractivity contribution in [1.29, 1.82) is 0 Å². The first-order valence-electron chi connectivity index (χ1n) is 9.77. The van der Waals surface area contributed by atoms with E-state index < -0.39 is 11.6 Å². The van der Waals surface area contributed by atoms with Crippen molar-refractivity contribution in [3.63, 3.8) is 0 Å². The van der Waals surface area contributed by atoms with E-state index in [1.807, 2.05) is 6.92 Å². The van der Waals surface area contributed by atoms with Crippen LogP contribution in [0.5, 0.6) is 11.6 Å². The van der Waals surface area contributed by atoms with Crippen LogP contribution in [0.25, 0.3) is 28.2 Å². The molecule has 0 saturated heterocycles. The Morgan fingerprint density at radius 2 is 2.19 bits per heavy atom. The number of aromatic nitrogens is 6. The van der Waals surface area contributed by atoms with Gasteiger partial charge in [0.2, 0.25) is 5.88 Å². The van der Waals surface area contributed by atoms with Gasteiger partial charge in [-0.3, -0.25) is 14.9 Å². The molecule has 0 spiro atoms. The molecule has 5 rings (SSSR count). The Bertz CT molecular complexity index is 1340. The minimum atomic E-state index is -0.688. The highest BCUT2D eigenvalue weighted by Gasteiger charge is 2.25. The summed E-state index contributed by atoms with van der Waals surface area (Å²) in [6.45, 7) is 2.25. The van der Waals surface area contributed by atoms with Gasteiger partial charge in [0.25, 0.3) is 5.91 Å². The van der Waals surface area contributed by atoms with Crippen LogP contribution in [0.1, 0.15) is 30.1 Å². The highest BCUT2D eigenvalue weighted by atomic mass is 16.5. The van der Waals surface area contributed by atoms with Gasteiger partial charge in [0, 0.05) is 24.0 Å². The number of amides is 1. The Morgan fingerprint density at radius 1 is 1.32 bits per heavy atom. The van der Waals surface area contributed by atoms with Crippen molar-refractivity contribution >= 4 is 17.1 Å². The van der Waals surface area contributed by atoms with Crippen molar-refractivity contribution < 1.29 is 14.3 Å². The molecule has 0 aromatic carbocycles. The number of hydrogen-bond donors (Lipinski definition) is 3. The lowest BCUT2D eigenvalue weighted by Gasteiger charge is -2.19. The largest absolute Gasteiger partial charge is 0.488 e. The predicted octanol–water partition coefficient (Wildman–Crippen LogP) is 1.54. The maximum atomic E-state index is 13.0. The van der Waals surface area contributed by atoms with Gasteiger partial charge in [-0.1, -0.05) is 0 Å². The van der Waals surface area contributed by atoms with E-state index in [0.29, 0.717) is 47.6 Å². The Kier molecular flexibility index (Phi) is 4.42. The van der Waals surface area contributed by atoms with Gasteiger partial charge in [0.15, 0.2) is 11.5 Å². The molecule has 0 radical (unpaired) electrons. The molecular formula is C20H19N7O4. The maximum absolute atomic E-state index is 13.0. The number of imidazole rings is 1.